The minimum Gasteiger partial charge on any atom is -0.469 e. The van der Waals surface area contributed by atoms with Crippen molar-refractivity contribution >= 4 is 58.0 Å². The number of carbonyl (C=O) groups is 3. The molecule has 1 aliphatic rings. The lowest BCUT2D eigenvalue weighted by Gasteiger charge is -2.18. The maximum absolute atomic E-state index is 12.9. The minimum absolute atomic E-state index is 0.0719. The number of hydrogen-bond acceptors (Lipinski definition) is 7. The molecule has 4 N–H and O–H groups in total. The third-order valence-corrected chi connectivity index (χ3v) is 5.97. The van der Waals surface area contributed by atoms with Gasteiger partial charge in [0.1, 0.15) is 16.8 Å². The fourth-order valence-corrected chi connectivity index (χ4v) is 3.67. The lowest BCUT2D eigenvalue weighted by Crippen LogP contribution is -2.43. The Hall–Kier alpha value is -3.17. The molecule has 0 fully saturated rings. The molecule has 0 unspecified atom stereocenters. The van der Waals surface area contributed by atoms with Crippen LogP contribution in [0.25, 0.3) is 0 Å². The molecule has 0 spiro atoms. The van der Waals surface area contributed by atoms with Crippen LogP contribution in [-0.2, 0) is 14.3 Å². The van der Waals surface area contributed by atoms with Gasteiger partial charge in [-0.25, -0.2) is 0 Å². The van der Waals surface area contributed by atoms with Crippen LogP contribution in [0, 0.1) is 5.92 Å². The highest BCUT2D eigenvalue weighted by molar-refractivity contribution is 6.43. The van der Waals surface area contributed by atoms with Gasteiger partial charge >= 0.3 is 5.97 Å². The normalized spacial score (nSPS) is 16.1. The molecular formula is C22H24Cl2N4O5. The van der Waals surface area contributed by atoms with E-state index in [1.54, 1.807) is 19.1 Å². The van der Waals surface area contributed by atoms with E-state index < -0.39 is 29.7 Å². The van der Waals surface area contributed by atoms with Crippen LogP contribution >= 0.6 is 23.2 Å². The van der Waals surface area contributed by atoms with Crippen molar-refractivity contribution in [2.24, 2.45) is 5.92 Å². The summed E-state index contributed by atoms with van der Waals surface area (Å²) in [6, 6.07) is 5.29. The van der Waals surface area contributed by atoms with Gasteiger partial charge in [0.25, 0.3) is 5.91 Å². The van der Waals surface area contributed by atoms with Gasteiger partial charge < -0.3 is 30.7 Å². The summed E-state index contributed by atoms with van der Waals surface area (Å²) in [6.07, 6.45) is 0.0719. The topological polar surface area (TPSA) is 123 Å². The predicted octanol–water partition coefficient (Wildman–Crippen LogP) is 3.68. The number of methoxy groups -OCH3 is 1. The van der Waals surface area contributed by atoms with Crippen molar-refractivity contribution < 1.29 is 23.9 Å². The van der Waals surface area contributed by atoms with Crippen LogP contribution in [0.1, 0.15) is 23.7 Å². The van der Waals surface area contributed by atoms with Crippen LogP contribution in [0.4, 0.5) is 17.1 Å². The van der Waals surface area contributed by atoms with Gasteiger partial charge in [-0.2, -0.15) is 0 Å². The Balaban J connectivity index is 1.92. The summed E-state index contributed by atoms with van der Waals surface area (Å²) >= 11 is 12.5. The summed E-state index contributed by atoms with van der Waals surface area (Å²) in [6.45, 7) is 1.62. The van der Waals surface area contributed by atoms with Crippen LogP contribution in [0.15, 0.2) is 24.3 Å². The molecule has 0 saturated carbocycles. The largest absolute Gasteiger partial charge is 0.469 e. The third-order valence-electron chi connectivity index (χ3n) is 5.18. The number of fused-ring (bicyclic) bond motifs is 1. The number of ether oxygens (including phenoxy) is 2. The van der Waals surface area contributed by atoms with Gasteiger partial charge in [0.15, 0.2) is 5.75 Å². The van der Waals surface area contributed by atoms with Crippen LogP contribution in [-0.4, -0.2) is 45.0 Å². The Morgan fingerprint density at radius 3 is 2.52 bits per heavy atom. The number of carbonyl (C=O) groups excluding carboxylic acids is 3. The zero-order valence-corrected chi connectivity index (χ0v) is 20.0. The number of nitrogens with zero attached hydrogens (tertiary/aromatic N) is 1. The SMILES string of the molecule is COC(=O)[C@H](C)C[C@H]1NC(=O)c2cc(Oc3cc(N(C)C)cc(Cl)c3Cl)c(N)cc2NC1=O. The standard InChI is InChI=1S/C22H24Cl2N4O5/c1-10(22(31)32-4)5-16-21(30)26-15-9-14(25)17(8-12(15)20(29)27-16)33-18-7-11(28(2)3)6-13(23)19(18)24/h6-10,16H,5,25H2,1-4H3,(H,26,30)(H,27,29)/t10-,16-/m1/s1. The average Bonchev–Trinajstić information content (AvgIpc) is 2.86. The summed E-state index contributed by atoms with van der Waals surface area (Å²) in [5.41, 5.74) is 7.43. The Morgan fingerprint density at radius 1 is 1.18 bits per heavy atom. The number of nitrogens with two attached hydrogens (primary N) is 1. The second kappa shape index (κ2) is 9.76. The lowest BCUT2D eigenvalue weighted by atomic mass is 10.0. The molecule has 0 aromatic heterocycles. The summed E-state index contributed by atoms with van der Waals surface area (Å²) in [4.78, 5) is 39.1. The first-order valence-corrected chi connectivity index (χ1v) is 10.7. The van der Waals surface area contributed by atoms with Gasteiger partial charge in [-0.15, -0.1) is 0 Å². The second-order valence-electron chi connectivity index (χ2n) is 7.85. The maximum atomic E-state index is 12.9. The van der Waals surface area contributed by atoms with Gasteiger partial charge in [0, 0.05) is 25.8 Å². The predicted molar refractivity (Wildman–Crippen MR) is 127 cm³/mol. The van der Waals surface area contributed by atoms with Crippen LogP contribution in [0.3, 0.4) is 0 Å². The zero-order chi connectivity index (χ0) is 24.4. The molecule has 2 aromatic rings. The number of halogens is 2. The van der Waals surface area contributed by atoms with Crippen molar-refractivity contribution in [2.75, 3.05) is 37.2 Å². The number of anilines is 3. The quantitative estimate of drug-likeness (QED) is 0.413. The average molecular weight is 495 g/mol. The second-order valence-corrected chi connectivity index (χ2v) is 8.63. The van der Waals surface area contributed by atoms with Crippen molar-refractivity contribution in [2.45, 2.75) is 19.4 Å². The number of nitrogens with one attached hydrogen (secondary N) is 2. The van der Waals surface area contributed by atoms with Crippen molar-refractivity contribution in [3.05, 3.63) is 39.9 Å². The van der Waals surface area contributed by atoms with E-state index in [1.807, 2.05) is 19.0 Å². The Morgan fingerprint density at radius 2 is 1.88 bits per heavy atom. The van der Waals surface area contributed by atoms with E-state index >= 15 is 0 Å². The van der Waals surface area contributed by atoms with E-state index in [1.165, 1.54) is 19.2 Å². The highest BCUT2D eigenvalue weighted by Crippen LogP contribution is 2.41. The molecule has 0 saturated heterocycles. The van der Waals surface area contributed by atoms with Gasteiger partial charge in [0.2, 0.25) is 5.91 Å². The molecular weight excluding hydrogens is 471 g/mol. The molecule has 33 heavy (non-hydrogen) atoms. The molecule has 11 heteroatoms. The van der Waals surface area contributed by atoms with Gasteiger partial charge in [-0.1, -0.05) is 30.1 Å². The Bertz CT molecular complexity index is 1120. The summed E-state index contributed by atoms with van der Waals surface area (Å²) in [5.74, 6) is -1.65. The molecule has 2 atom stereocenters. The fourth-order valence-electron chi connectivity index (χ4n) is 3.32. The molecule has 2 amide bonds. The molecule has 3 rings (SSSR count). The van der Waals surface area contributed by atoms with E-state index in [0.29, 0.717) is 5.02 Å². The summed E-state index contributed by atoms with van der Waals surface area (Å²) in [5, 5.41) is 5.80. The molecule has 0 bridgehead atoms. The van der Waals surface area contributed by atoms with Crippen molar-refractivity contribution in [3.8, 4) is 11.5 Å². The van der Waals surface area contributed by atoms with Gasteiger partial charge in [0.05, 0.1) is 35.0 Å². The molecule has 9 nitrogen and oxygen atoms in total. The molecule has 1 heterocycles. The summed E-state index contributed by atoms with van der Waals surface area (Å²) < 4.78 is 10.6. The minimum atomic E-state index is -0.936. The first kappa shape index (κ1) is 24.5. The molecule has 176 valence electrons. The third kappa shape index (κ3) is 5.26. The van der Waals surface area contributed by atoms with Crippen molar-refractivity contribution in [3.63, 3.8) is 0 Å². The number of rotatable bonds is 6. The number of benzene rings is 2. The lowest BCUT2D eigenvalue weighted by molar-refractivity contribution is -0.145. The van der Waals surface area contributed by atoms with Gasteiger partial charge in [-0.05, 0) is 24.6 Å². The smallest absolute Gasteiger partial charge is 0.308 e. The van der Waals surface area contributed by atoms with Crippen molar-refractivity contribution in [1.29, 1.82) is 0 Å². The first-order chi connectivity index (χ1) is 15.5. The molecule has 2 aromatic carbocycles. The van der Waals surface area contributed by atoms with E-state index in [0.717, 1.165) is 5.69 Å². The molecule has 1 aliphatic heterocycles. The number of esters is 1. The van der Waals surface area contributed by atoms with E-state index in [-0.39, 0.29) is 39.9 Å². The monoisotopic (exact) mass is 494 g/mol. The zero-order valence-electron chi connectivity index (χ0n) is 18.5. The number of amides is 2. The maximum Gasteiger partial charge on any atom is 0.308 e. The van der Waals surface area contributed by atoms with Crippen molar-refractivity contribution in [1.82, 2.24) is 5.32 Å². The Labute approximate surface area is 201 Å². The molecule has 0 aliphatic carbocycles. The highest BCUT2D eigenvalue weighted by Gasteiger charge is 2.32. The van der Waals surface area contributed by atoms with Crippen LogP contribution < -0.4 is 26.0 Å². The van der Waals surface area contributed by atoms with E-state index in [4.69, 9.17) is 38.4 Å². The van der Waals surface area contributed by atoms with E-state index in [9.17, 15) is 14.4 Å². The fraction of sp³-hybridized carbons (Fsp3) is 0.318. The summed E-state index contributed by atoms with van der Waals surface area (Å²) in [7, 11) is 4.94. The Kier molecular flexibility index (Phi) is 7.24. The number of nitrogen functional groups attached to an aromatic ring is 1. The molecule has 0 radical (unpaired) electrons. The van der Waals surface area contributed by atoms with Crippen LogP contribution in [0.5, 0.6) is 11.5 Å². The highest BCUT2D eigenvalue weighted by atomic mass is 35.5. The first-order valence-electron chi connectivity index (χ1n) is 9.99. The number of hydrogen-bond donors (Lipinski definition) is 3. The van der Waals surface area contributed by atoms with E-state index in [2.05, 4.69) is 10.6 Å². The van der Waals surface area contributed by atoms with Gasteiger partial charge in [-0.3, -0.25) is 14.4 Å². The van der Waals surface area contributed by atoms with Crippen LogP contribution in [0.2, 0.25) is 10.0 Å².